The number of hydrogen-bond acceptors (Lipinski definition) is 5. The minimum absolute atomic E-state index is 0.0559. The number of fused-ring (bicyclic) bond motifs is 1. The molecule has 2 heterocycles. The average Bonchev–Trinajstić information content (AvgIpc) is 2.97. The second-order valence-corrected chi connectivity index (χ2v) is 4.58. The summed E-state index contributed by atoms with van der Waals surface area (Å²) in [5.74, 6) is -0.991. The van der Waals surface area contributed by atoms with Gasteiger partial charge in [0.05, 0.1) is 12.1 Å². The van der Waals surface area contributed by atoms with Crippen LogP contribution in [0.4, 0.5) is 5.88 Å². The van der Waals surface area contributed by atoms with Crippen molar-refractivity contribution in [3.63, 3.8) is 0 Å². The van der Waals surface area contributed by atoms with Crippen molar-refractivity contribution in [2.75, 3.05) is 0 Å². The molecular weight excluding hydrogens is 274 g/mol. The largest absolute Gasteiger partial charge is 0.433 e. The fraction of sp³-hybridized carbons (Fsp3) is 0.143. The lowest BCUT2D eigenvalue weighted by molar-refractivity contribution is -0.402. The van der Waals surface area contributed by atoms with E-state index in [0.29, 0.717) is 5.70 Å². The minimum Gasteiger partial charge on any atom is -0.395 e. The minimum atomic E-state index is -0.689. The number of rotatable bonds is 3. The van der Waals surface area contributed by atoms with Crippen LogP contribution in [0, 0.1) is 16.0 Å². The first kappa shape index (κ1) is 13.0. The van der Waals surface area contributed by atoms with Gasteiger partial charge in [0, 0.05) is 17.8 Å². The monoisotopic (exact) mass is 285 g/mol. The third-order valence-corrected chi connectivity index (χ3v) is 3.17. The number of nitrogens with zero attached hydrogens (tertiary/aromatic N) is 2. The molecular formula is C14H11N3O4. The van der Waals surface area contributed by atoms with Crippen LogP contribution in [0.3, 0.4) is 0 Å². The smallest absolute Gasteiger partial charge is 0.395 e. The van der Waals surface area contributed by atoms with Gasteiger partial charge in [-0.3, -0.25) is 19.9 Å². The predicted octanol–water partition coefficient (Wildman–Crippen LogP) is 2.00. The van der Waals surface area contributed by atoms with Gasteiger partial charge in [0.25, 0.3) is 5.91 Å². The van der Waals surface area contributed by atoms with Crippen LogP contribution >= 0.6 is 0 Å². The Hall–Kier alpha value is -2.96. The highest BCUT2D eigenvalue weighted by molar-refractivity contribution is 5.93. The number of nitro groups is 1. The van der Waals surface area contributed by atoms with E-state index < -0.39 is 16.7 Å². The number of aliphatic imine (C=N–C) groups is 1. The van der Waals surface area contributed by atoms with Crippen molar-refractivity contribution >= 4 is 18.0 Å². The molecule has 1 aliphatic carbocycles. The van der Waals surface area contributed by atoms with Crippen molar-refractivity contribution in [2.24, 2.45) is 10.9 Å². The molecule has 0 radical (unpaired) electrons. The van der Waals surface area contributed by atoms with E-state index in [2.05, 4.69) is 10.3 Å². The predicted molar refractivity (Wildman–Crippen MR) is 75.0 cm³/mol. The van der Waals surface area contributed by atoms with Gasteiger partial charge in [-0.2, -0.15) is 0 Å². The molecule has 1 aromatic heterocycles. The third-order valence-electron chi connectivity index (χ3n) is 3.17. The summed E-state index contributed by atoms with van der Waals surface area (Å²) in [6.45, 7) is 0. The number of furan rings is 1. The number of hydrogen-bond donors (Lipinski definition) is 1. The van der Waals surface area contributed by atoms with Gasteiger partial charge in [-0.05, 0) is 18.2 Å². The summed E-state index contributed by atoms with van der Waals surface area (Å²) in [5.41, 5.74) is 0.613. The Bertz CT molecular complexity index is 712. The fourth-order valence-corrected chi connectivity index (χ4v) is 2.16. The van der Waals surface area contributed by atoms with Crippen molar-refractivity contribution in [3.05, 3.63) is 64.1 Å². The summed E-state index contributed by atoms with van der Waals surface area (Å²) in [7, 11) is 0. The lowest BCUT2D eigenvalue weighted by atomic mass is 9.92. The number of amides is 1. The molecule has 1 aliphatic heterocycles. The third kappa shape index (κ3) is 2.66. The maximum absolute atomic E-state index is 12.0. The summed E-state index contributed by atoms with van der Waals surface area (Å²) in [4.78, 5) is 26.1. The second kappa shape index (κ2) is 5.20. The zero-order chi connectivity index (χ0) is 14.8. The highest BCUT2D eigenvalue weighted by Crippen LogP contribution is 2.22. The molecule has 0 saturated heterocycles. The number of dihydropyridines is 1. The van der Waals surface area contributed by atoms with Gasteiger partial charge >= 0.3 is 5.88 Å². The van der Waals surface area contributed by atoms with E-state index in [1.54, 1.807) is 12.3 Å². The Morgan fingerprint density at radius 1 is 1.38 bits per heavy atom. The molecule has 3 rings (SSSR count). The van der Waals surface area contributed by atoms with Crippen LogP contribution in [0.25, 0.3) is 0 Å². The van der Waals surface area contributed by atoms with E-state index in [0.717, 1.165) is 6.07 Å². The molecule has 0 spiro atoms. The van der Waals surface area contributed by atoms with E-state index in [-0.39, 0.29) is 17.7 Å². The number of nitrogens with one attached hydrogen (secondary N) is 1. The molecule has 2 unspecified atom stereocenters. The van der Waals surface area contributed by atoms with Gasteiger partial charge in [-0.1, -0.05) is 18.2 Å². The van der Waals surface area contributed by atoms with Gasteiger partial charge in [-0.15, -0.1) is 0 Å². The summed E-state index contributed by atoms with van der Waals surface area (Å²) < 4.78 is 4.86. The molecule has 0 saturated carbocycles. The molecule has 2 aliphatic rings. The molecule has 1 amide bonds. The average molecular weight is 285 g/mol. The topological polar surface area (TPSA) is 97.7 Å². The molecule has 2 atom stereocenters. The first-order valence-electron chi connectivity index (χ1n) is 6.29. The Balaban J connectivity index is 1.71. The molecule has 1 N–H and O–H groups in total. The van der Waals surface area contributed by atoms with Crippen LogP contribution in [-0.2, 0) is 0 Å². The van der Waals surface area contributed by atoms with E-state index in [1.165, 1.54) is 6.07 Å². The quantitative estimate of drug-likeness (QED) is 0.678. The van der Waals surface area contributed by atoms with Crippen molar-refractivity contribution in [2.45, 2.75) is 6.04 Å². The zero-order valence-corrected chi connectivity index (χ0v) is 10.8. The van der Waals surface area contributed by atoms with Crippen molar-refractivity contribution in [1.29, 1.82) is 0 Å². The lowest BCUT2D eigenvalue weighted by Gasteiger charge is -2.22. The van der Waals surface area contributed by atoms with E-state index >= 15 is 0 Å². The molecule has 0 bridgehead atoms. The van der Waals surface area contributed by atoms with Gasteiger partial charge in [-0.25, -0.2) is 0 Å². The Labute approximate surface area is 119 Å². The van der Waals surface area contributed by atoms with Gasteiger partial charge in [0.1, 0.15) is 4.92 Å². The zero-order valence-electron chi connectivity index (χ0n) is 10.8. The van der Waals surface area contributed by atoms with E-state index in [4.69, 9.17) is 4.42 Å². The Morgan fingerprint density at radius 3 is 3.00 bits per heavy atom. The summed E-state index contributed by atoms with van der Waals surface area (Å²) in [6.07, 6.45) is 11.1. The van der Waals surface area contributed by atoms with Crippen LogP contribution in [0.15, 0.2) is 57.6 Å². The first-order valence-corrected chi connectivity index (χ1v) is 6.29. The first-order chi connectivity index (χ1) is 10.1. The number of carbonyl (C=O) groups excluding carboxylic acids is 1. The van der Waals surface area contributed by atoms with Crippen molar-refractivity contribution in [3.8, 4) is 0 Å². The van der Waals surface area contributed by atoms with Crippen LogP contribution in [0.1, 0.15) is 10.6 Å². The van der Waals surface area contributed by atoms with Gasteiger partial charge in [0.2, 0.25) is 0 Å². The molecule has 7 nitrogen and oxygen atoms in total. The van der Waals surface area contributed by atoms with E-state index in [1.807, 2.05) is 24.3 Å². The number of carbonyl (C=O) groups is 1. The molecule has 1 aromatic rings. The number of allylic oxidation sites excluding steroid dienone is 2. The highest BCUT2D eigenvalue weighted by Gasteiger charge is 2.22. The molecule has 0 aromatic carbocycles. The summed E-state index contributed by atoms with van der Waals surface area (Å²) in [6, 6.07) is 2.48. The van der Waals surface area contributed by atoms with Crippen LogP contribution in [0.5, 0.6) is 0 Å². The van der Waals surface area contributed by atoms with Gasteiger partial charge in [0.15, 0.2) is 5.76 Å². The standard InChI is InChI=1S/C14H11N3O4/c18-14(12-5-6-13(21-12)17(19)20)16-10-3-4-11-9(8-10)2-1-7-15-11/h1-9,11H,(H,16,18). The molecule has 106 valence electrons. The van der Waals surface area contributed by atoms with Crippen LogP contribution in [0.2, 0.25) is 0 Å². The SMILES string of the molecule is O=C(NC1=CC2C=CC=NC2C=C1)c1ccc([N+](=O)[O-])o1. The maximum Gasteiger partial charge on any atom is 0.433 e. The van der Waals surface area contributed by atoms with Crippen LogP contribution < -0.4 is 5.32 Å². The molecule has 21 heavy (non-hydrogen) atoms. The van der Waals surface area contributed by atoms with Crippen LogP contribution in [-0.4, -0.2) is 23.1 Å². The summed E-state index contributed by atoms with van der Waals surface area (Å²) >= 11 is 0. The van der Waals surface area contributed by atoms with E-state index in [9.17, 15) is 14.9 Å². The lowest BCUT2D eigenvalue weighted by Crippen LogP contribution is -2.26. The highest BCUT2D eigenvalue weighted by atomic mass is 16.6. The summed E-state index contributed by atoms with van der Waals surface area (Å²) in [5, 5.41) is 13.2. The maximum atomic E-state index is 12.0. The molecule has 7 heteroatoms. The second-order valence-electron chi connectivity index (χ2n) is 4.58. The van der Waals surface area contributed by atoms with Crippen molar-refractivity contribution < 1.29 is 14.1 Å². The Kier molecular flexibility index (Phi) is 3.23. The Morgan fingerprint density at radius 2 is 2.24 bits per heavy atom. The van der Waals surface area contributed by atoms with Gasteiger partial charge < -0.3 is 9.73 Å². The molecule has 0 fully saturated rings. The fourth-order valence-electron chi connectivity index (χ4n) is 2.16. The van der Waals surface area contributed by atoms with Crippen molar-refractivity contribution in [1.82, 2.24) is 5.32 Å². The normalized spacial score (nSPS) is 22.6.